The van der Waals surface area contributed by atoms with E-state index < -0.39 is 0 Å². The molecule has 38 heavy (non-hydrogen) atoms. The summed E-state index contributed by atoms with van der Waals surface area (Å²) in [5.41, 5.74) is 1.08. The Balaban J connectivity index is 1.25. The quantitative estimate of drug-likeness (QED) is 0.364. The van der Waals surface area contributed by atoms with E-state index in [2.05, 4.69) is 26.0 Å². The van der Waals surface area contributed by atoms with Gasteiger partial charge in [-0.3, -0.25) is 4.79 Å². The van der Waals surface area contributed by atoms with Crippen molar-refractivity contribution in [3.05, 3.63) is 48.0 Å². The van der Waals surface area contributed by atoms with Gasteiger partial charge in [-0.25, -0.2) is 0 Å². The first-order chi connectivity index (χ1) is 18.4. The van der Waals surface area contributed by atoms with Crippen LogP contribution in [0, 0.1) is 11.8 Å². The Morgan fingerprint density at radius 2 is 1.74 bits per heavy atom. The minimum atomic E-state index is -0.309. The zero-order valence-corrected chi connectivity index (χ0v) is 23.0. The number of esters is 1. The van der Waals surface area contributed by atoms with Gasteiger partial charge in [0.15, 0.2) is 0 Å². The minimum absolute atomic E-state index is 0.00493. The van der Waals surface area contributed by atoms with E-state index in [1.165, 1.54) is 6.92 Å². The van der Waals surface area contributed by atoms with Gasteiger partial charge in [-0.15, -0.1) is 0 Å². The second kappa shape index (κ2) is 13.1. The average molecular weight is 529 g/mol. The maximum Gasteiger partial charge on any atom is 0.302 e. The maximum atomic E-state index is 11.5. The Labute approximate surface area is 227 Å². The third-order valence-electron chi connectivity index (χ3n) is 8.37. The van der Waals surface area contributed by atoms with E-state index in [0.29, 0.717) is 18.9 Å². The number of hydrogen-bond donors (Lipinski definition) is 0. The maximum absolute atomic E-state index is 11.5. The van der Waals surface area contributed by atoms with E-state index in [-0.39, 0.29) is 67.3 Å². The Morgan fingerprint density at radius 3 is 2.55 bits per heavy atom. The third-order valence-corrected chi connectivity index (χ3v) is 8.37. The molecule has 10 atom stereocenters. The smallest absolute Gasteiger partial charge is 0.302 e. The number of fused-ring (bicyclic) bond motifs is 3. The van der Waals surface area contributed by atoms with Crippen molar-refractivity contribution < 1.29 is 33.2 Å². The number of ether oxygens (including phenoxy) is 6. The van der Waals surface area contributed by atoms with Gasteiger partial charge in [-0.1, -0.05) is 56.3 Å². The molecule has 0 aliphatic carbocycles. The molecular weight excluding hydrogens is 484 g/mol. The van der Waals surface area contributed by atoms with E-state index >= 15 is 0 Å². The SMILES string of the molecule is CC(=O)OC[C@H](C[C@@H]1C=C[C@H](C)[C@H]2O[C@H]3C[C@@H](C)C[C@H]4OCCC[C@@H]4O[C@@H]3C[C@@H]2O1)OCc1ccccc1. The van der Waals surface area contributed by atoms with Crippen LogP contribution in [0.1, 0.15) is 64.9 Å². The van der Waals surface area contributed by atoms with Crippen LogP contribution in [0.25, 0.3) is 0 Å². The molecule has 0 saturated carbocycles. The van der Waals surface area contributed by atoms with E-state index in [4.69, 9.17) is 28.4 Å². The van der Waals surface area contributed by atoms with Gasteiger partial charge in [-0.05, 0) is 37.2 Å². The van der Waals surface area contributed by atoms with Gasteiger partial charge >= 0.3 is 5.97 Å². The van der Waals surface area contributed by atoms with Gasteiger partial charge in [0.25, 0.3) is 0 Å². The van der Waals surface area contributed by atoms with Crippen molar-refractivity contribution in [1.29, 1.82) is 0 Å². The van der Waals surface area contributed by atoms with Crippen LogP contribution in [-0.4, -0.2) is 68.0 Å². The molecule has 7 heteroatoms. The zero-order valence-electron chi connectivity index (χ0n) is 23.0. The fourth-order valence-electron chi connectivity index (χ4n) is 6.39. The molecule has 0 radical (unpaired) electrons. The number of hydrogen-bond acceptors (Lipinski definition) is 7. The number of carbonyl (C=O) groups excluding carboxylic acids is 1. The highest BCUT2D eigenvalue weighted by Crippen LogP contribution is 2.39. The minimum Gasteiger partial charge on any atom is -0.463 e. The molecule has 4 aliphatic heterocycles. The topological polar surface area (TPSA) is 72.5 Å². The molecule has 0 spiro atoms. The normalized spacial score (nSPS) is 37.9. The molecule has 0 amide bonds. The Morgan fingerprint density at radius 1 is 0.947 bits per heavy atom. The Hall–Kier alpha value is -1.77. The van der Waals surface area contributed by atoms with E-state index in [1.54, 1.807) is 0 Å². The number of rotatable bonds is 7. The summed E-state index contributed by atoms with van der Waals surface area (Å²) in [5, 5.41) is 0. The van der Waals surface area contributed by atoms with Crippen molar-refractivity contribution in [2.45, 2.75) is 115 Å². The molecule has 1 aromatic carbocycles. The van der Waals surface area contributed by atoms with Gasteiger partial charge in [0, 0.05) is 32.3 Å². The van der Waals surface area contributed by atoms with Crippen LogP contribution >= 0.6 is 0 Å². The summed E-state index contributed by atoms with van der Waals surface area (Å²) in [5.74, 6) is 0.453. The molecule has 0 aromatic heterocycles. The molecule has 3 fully saturated rings. The summed E-state index contributed by atoms with van der Waals surface area (Å²) in [6.45, 7) is 7.44. The zero-order chi connectivity index (χ0) is 26.5. The van der Waals surface area contributed by atoms with Crippen molar-refractivity contribution in [2.24, 2.45) is 11.8 Å². The largest absolute Gasteiger partial charge is 0.463 e. The molecule has 4 aliphatic rings. The highest BCUT2D eigenvalue weighted by atomic mass is 16.6. The van der Waals surface area contributed by atoms with E-state index in [0.717, 1.165) is 44.3 Å². The lowest BCUT2D eigenvalue weighted by Crippen LogP contribution is -2.55. The molecule has 0 unspecified atom stereocenters. The second-order valence-electron chi connectivity index (χ2n) is 11.6. The van der Waals surface area contributed by atoms with Crippen molar-refractivity contribution in [3.8, 4) is 0 Å². The molecule has 7 nitrogen and oxygen atoms in total. The van der Waals surface area contributed by atoms with Gasteiger partial charge < -0.3 is 28.4 Å². The first-order valence-corrected chi connectivity index (χ1v) is 14.5. The van der Waals surface area contributed by atoms with Crippen molar-refractivity contribution in [2.75, 3.05) is 13.2 Å². The molecule has 0 N–H and O–H groups in total. The summed E-state index contributed by atoms with van der Waals surface area (Å²) in [6, 6.07) is 10.0. The fraction of sp³-hybridized carbons (Fsp3) is 0.710. The summed E-state index contributed by atoms with van der Waals surface area (Å²) in [7, 11) is 0. The predicted molar refractivity (Wildman–Crippen MR) is 143 cm³/mol. The lowest BCUT2D eigenvalue weighted by atomic mass is 9.84. The number of carbonyl (C=O) groups is 1. The lowest BCUT2D eigenvalue weighted by Gasteiger charge is -2.47. The molecule has 0 bridgehead atoms. The highest BCUT2D eigenvalue weighted by Gasteiger charge is 2.46. The predicted octanol–water partition coefficient (Wildman–Crippen LogP) is 5.00. The summed E-state index contributed by atoms with van der Waals surface area (Å²) < 4.78 is 37.9. The standard InChI is InChI=1S/C31H44O7/c1-20-14-27-26(10-7-13-33-27)37-29-17-30-31(38-28(29)15-20)21(2)11-12-24(36-30)16-25(19-34-22(3)32)35-18-23-8-5-4-6-9-23/h4-6,8-9,11-12,20-21,24-31H,7,10,13-19H2,1-3H3/t20-,21-,24-,25-,26-,27+,28-,29+,30-,31+/m0/s1. The fourth-order valence-corrected chi connectivity index (χ4v) is 6.39. The molecule has 3 saturated heterocycles. The van der Waals surface area contributed by atoms with Crippen LogP contribution < -0.4 is 0 Å². The van der Waals surface area contributed by atoms with Crippen LogP contribution in [0.4, 0.5) is 0 Å². The summed E-state index contributed by atoms with van der Waals surface area (Å²) in [4.78, 5) is 11.5. The van der Waals surface area contributed by atoms with Crippen LogP contribution in [-0.2, 0) is 39.8 Å². The Kier molecular flexibility index (Phi) is 9.55. The van der Waals surface area contributed by atoms with Gasteiger partial charge in [0.2, 0.25) is 0 Å². The summed E-state index contributed by atoms with van der Waals surface area (Å²) >= 11 is 0. The second-order valence-corrected chi connectivity index (χ2v) is 11.6. The van der Waals surface area contributed by atoms with E-state index in [1.807, 2.05) is 30.3 Å². The lowest BCUT2D eigenvalue weighted by molar-refractivity contribution is -0.246. The van der Waals surface area contributed by atoms with Crippen LogP contribution in [0.15, 0.2) is 42.5 Å². The van der Waals surface area contributed by atoms with Gasteiger partial charge in [-0.2, -0.15) is 0 Å². The van der Waals surface area contributed by atoms with Crippen LogP contribution in [0.3, 0.4) is 0 Å². The molecule has 4 heterocycles. The van der Waals surface area contributed by atoms with Gasteiger partial charge in [0.1, 0.15) is 6.61 Å². The average Bonchev–Trinajstić information content (AvgIpc) is 3.04. The van der Waals surface area contributed by atoms with Crippen LogP contribution in [0.2, 0.25) is 0 Å². The van der Waals surface area contributed by atoms with Crippen molar-refractivity contribution >= 4 is 5.97 Å². The van der Waals surface area contributed by atoms with Crippen LogP contribution in [0.5, 0.6) is 0 Å². The van der Waals surface area contributed by atoms with E-state index in [9.17, 15) is 4.79 Å². The van der Waals surface area contributed by atoms with Gasteiger partial charge in [0.05, 0.1) is 55.4 Å². The van der Waals surface area contributed by atoms with Crippen molar-refractivity contribution in [1.82, 2.24) is 0 Å². The molecule has 5 rings (SSSR count). The Bertz CT molecular complexity index is 920. The first kappa shape index (κ1) is 27.8. The monoisotopic (exact) mass is 528 g/mol. The van der Waals surface area contributed by atoms with Crippen molar-refractivity contribution in [3.63, 3.8) is 0 Å². The molecule has 1 aromatic rings. The molecular formula is C31H44O7. The first-order valence-electron chi connectivity index (χ1n) is 14.5. The third kappa shape index (κ3) is 7.24. The molecule has 210 valence electrons. The highest BCUT2D eigenvalue weighted by molar-refractivity contribution is 5.65. The summed E-state index contributed by atoms with van der Waals surface area (Å²) in [6.07, 6.45) is 9.74. The number of benzene rings is 1.